The summed E-state index contributed by atoms with van der Waals surface area (Å²) in [7, 11) is 0. The molecule has 146 valence electrons. The highest BCUT2D eigenvalue weighted by Crippen LogP contribution is 2.20. The number of carbonyl (C=O) groups excluding carboxylic acids is 1. The summed E-state index contributed by atoms with van der Waals surface area (Å²) in [5.41, 5.74) is 8.32. The summed E-state index contributed by atoms with van der Waals surface area (Å²) in [5, 5.41) is 4.09. The van der Waals surface area contributed by atoms with Gasteiger partial charge in [0.15, 0.2) is 0 Å². The number of aryl methyl sites for hydroxylation is 3. The number of carbonyl (C=O) groups is 1. The third-order valence-electron chi connectivity index (χ3n) is 5.55. The molecule has 0 radical (unpaired) electrons. The van der Waals surface area contributed by atoms with E-state index in [2.05, 4.69) is 16.4 Å². The molecule has 1 aliphatic carbocycles. The van der Waals surface area contributed by atoms with Crippen molar-refractivity contribution in [1.82, 2.24) is 10.3 Å². The first-order chi connectivity index (χ1) is 13.5. The highest BCUT2D eigenvalue weighted by molar-refractivity contribution is 5.95. The number of amides is 1. The molecule has 2 aromatic heterocycles. The summed E-state index contributed by atoms with van der Waals surface area (Å²) >= 11 is 0. The van der Waals surface area contributed by atoms with Crippen molar-refractivity contribution in [1.29, 1.82) is 0 Å². The maximum atomic E-state index is 12.5. The lowest BCUT2D eigenvalue weighted by atomic mass is 10.0. The van der Waals surface area contributed by atoms with Gasteiger partial charge in [0.2, 0.25) is 0 Å². The van der Waals surface area contributed by atoms with Crippen LogP contribution in [0.3, 0.4) is 0 Å². The zero-order chi connectivity index (χ0) is 19.7. The van der Waals surface area contributed by atoms with Crippen LogP contribution in [0.4, 0.5) is 0 Å². The zero-order valence-corrected chi connectivity index (χ0v) is 16.0. The van der Waals surface area contributed by atoms with Crippen LogP contribution in [-0.2, 0) is 12.8 Å². The summed E-state index contributed by atoms with van der Waals surface area (Å²) < 4.78 is 5.46. The minimum atomic E-state index is -0.575. The molecule has 0 bridgehead atoms. The smallest absolute Gasteiger partial charge is 0.349 e. The fraction of sp³-hybridized carbons (Fsp3) is 0.364. The van der Waals surface area contributed by atoms with Gasteiger partial charge in [0.05, 0.1) is 0 Å². The minimum absolute atomic E-state index is 0.0304. The average molecular weight is 379 g/mol. The average Bonchev–Trinajstić information content (AvgIpc) is 3.25. The van der Waals surface area contributed by atoms with E-state index in [0.29, 0.717) is 17.7 Å². The summed E-state index contributed by atoms with van der Waals surface area (Å²) in [6.07, 6.45) is 5.82. The molecule has 6 nitrogen and oxygen atoms in total. The molecule has 1 fully saturated rings. The van der Waals surface area contributed by atoms with E-state index in [9.17, 15) is 9.59 Å². The lowest BCUT2D eigenvalue weighted by molar-refractivity contribution is 0.0932. The van der Waals surface area contributed by atoms with Crippen LogP contribution < -0.4 is 16.7 Å². The van der Waals surface area contributed by atoms with E-state index in [1.165, 1.54) is 10.9 Å². The van der Waals surface area contributed by atoms with Crippen LogP contribution >= 0.6 is 0 Å². The van der Waals surface area contributed by atoms with Gasteiger partial charge in [-0.25, -0.2) is 4.79 Å². The molecule has 4 N–H and O–H groups in total. The first-order valence-corrected chi connectivity index (χ1v) is 9.76. The fourth-order valence-corrected chi connectivity index (χ4v) is 4.07. The minimum Gasteiger partial charge on any atom is -0.427 e. The standard InChI is InChI=1S/C22H25N3O3/c1-13-10-17(9-6-14-12-24-19-5-3-2-4-18(14)19)28-22(27)20(13)21(26)25-16-8-7-15(23)11-16/h2-5,10,12,15-16,24H,6-9,11,23H2,1H3,(H,25,26)/t15-,16+/m0/s1. The predicted octanol–water partition coefficient (Wildman–Crippen LogP) is 2.82. The first kappa shape index (κ1) is 18.5. The Bertz CT molecular complexity index is 1070. The van der Waals surface area contributed by atoms with Gasteiger partial charge in [0.1, 0.15) is 11.3 Å². The van der Waals surface area contributed by atoms with Gasteiger partial charge < -0.3 is 20.5 Å². The Morgan fingerprint density at radius 1 is 1.29 bits per heavy atom. The van der Waals surface area contributed by atoms with Gasteiger partial charge in [-0.2, -0.15) is 0 Å². The van der Waals surface area contributed by atoms with E-state index in [1.807, 2.05) is 24.4 Å². The lowest BCUT2D eigenvalue weighted by Gasteiger charge is -2.13. The van der Waals surface area contributed by atoms with Crippen molar-refractivity contribution >= 4 is 16.8 Å². The number of para-hydroxylation sites is 1. The molecule has 6 heteroatoms. The Morgan fingerprint density at radius 3 is 2.86 bits per heavy atom. The van der Waals surface area contributed by atoms with Gasteiger partial charge >= 0.3 is 5.63 Å². The molecule has 1 saturated carbocycles. The van der Waals surface area contributed by atoms with E-state index < -0.39 is 5.63 Å². The lowest BCUT2D eigenvalue weighted by Crippen LogP contribution is -2.37. The second-order valence-corrected chi connectivity index (χ2v) is 7.66. The zero-order valence-electron chi connectivity index (χ0n) is 16.0. The number of nitrogens with two attached hydrogens (primary N) is 1. The van der Waals surface area contributed by atoms with Crippen molar-refractivity contribution in [2.75, 3.05) is 0 Å². The SMILES string of the molecule is Cc1cc(CCc2c[nH]c3ccccc23)oc(=O)c1C(=O)N[C@@H]1CC[C@H](N)C1. The number of H-pyrrole nitrogens is 1. The number of benzene rings is 1. The molecule has 4 rings (SSSR count). The van der Waals surface area contributed by atoms with Gasteiger partial charge in [-0.05, 0) is 55.9 Å². The van der Waals surface area contributed by atoms with Crippen molar-refractivity contribution in [3.05, 3.63) is 69.4 Å². The summed E-state index contributed by atoms with van der Waals surface area (Å²) in [6.45, 7) is 1.78. The van der Waals surface area contributed by atoms with E-state index >= 15 is 0 Å². The Kier molecular flexibility index (Phi) is 5.05. The quantitative estimate of drug-likeness (QED) is 0.634. The Balaban J connectivity index is 1.48. The van der Waals surface area contributed by atoms with Crippen LogP contribution in [0.2, 0.25) is 0 Å². The van der Waals surface area contributed by atoms with Crippen LogP contribution in [0.5, 0.6) is 0 Å². The molecule has 0 unspecified atom stereocenters. The number of aromatic amines is 1. The fourth-order valence-electron chi connectivity index (χ4n) is 4.07. The van der Waals surface area contributed by atoms with Gasteiger partial charge in [-0.3, -0.25) is 4.79 Å². The predicted molar refractivity (Wildman–Crippen MR) is 109 cm³/mol. The summed E-state index contributed by atoms with van der Waals surface area (Å²) in [6, 6.07) is 10.1. The Morgan fingerprint density at radius 2 is 2.11 bits per heavy atom. The molecule has 3 aromatic rings. The van der Waals surface area contributed by atoms with Gasteiger partial charge in [-0.15, -0.1) is 0 Å². The van der Waals surface area contributed by atoms with E-state index in [4.69, 9.17) is 10.2 Å². The van der Waals surface area contributed by atoms with Crippen molar-refractivity contribution in [3.63, 3.8) is 0 Å². The van der Waals surface area contributed by atoms with E-state index in [1.54, 1.807) is 13.0 Å². The topological polar surface area (TPSA) is 101 Å². The van der Waals surface area contributed by atoms with Crippen molar-refractivity contribution < 1.29 is 9.21 Å². The van der Waals surface area contributed by atoms with Crippen LogP contribution in [0, 0.1) is 6.92 Å². The van der Waals surface area contributed by atoms with Gasteiger partial charge in [0, 0.05) is 35.6 Å². The number of rotatable bonds is 5. The number of aromatic nitrogens is 1. The summed E-state index contributed by atoms with van der Waals surface area (Å²) in [5.74, 6) is 0.223. The van der Waals surface area contributed by atoms with Crippen molar-refractivity contribution in [2.24, 2.45) is 5.73 Å². The van der Waals surface area contributed by atoms with E-state index in [-0.39, 0.29) is 23.6 Å². The molecule has 1 aromatic carbocycles. The molecular formula is C22H25N3O3. The van der Waals surface area contributed by atoms with Crippen molar-refractivity contribution in [3.8, 4) is 0 Å². The first-order valence-electron chi connectivity index (χ1n) is 9.76. The molecule has 0 spiro atoms. The number of nitrogens with one attached hydrogen (secondary N) is 2. The third kappa shape index (κ3) is 3.73. The highest BCUT2D eigenvalue weighted by atomic mass is 16.4. The van der Waals surface area contributed by atoms with Crippen molar-refractivity contribution in [2.45, 2.75) is 51.1 Å². The van der Waals surface area contributed by atoms with Crippen LogP contribution in [0.25, 0.3) is 10.9 Å². The number of hydrogen-bond acceptors (Lipinski definition) is 4. The van der Waals surface area contributed by atoms with Crippen LogP contribution in [0.1, 0.15) is 46.5 Å². The molecule has 2 atom stereocenters. The Hall–Kier alpha value is -2.86. The Labute approximate surface area is 163 Å². The van der Waals surface area contributed by atoms with Gasteiger partial charge in [-0.1, -0.05) is 18.2 Å². The molecule has 1 aliphatic rings. The number of fused-ring (bicyclic) bond motifs is 1. The molecule has 2 heterocycles. The highest BCUT2D eigenvalue weighted by Gasteiger charge is 2.25. The normalized spacial score (nSPS) is 19.2. The second-order valence-electron chi connectivity index (χ2n) is 7.66. The largest absolute Gasteiger partial charge is 0.427 e. The molecule has 28 heavy (non-hydrogen) atoms. The molecule has 1 amide bonds. The third-order valence-corrected chi connectivity index (χ3v) is 5.55. The molecule has 0 aliphatic heterocycles. The van der Waals surface area contributed by atoms with E-state index in [0.717, 1.165) is 31.2 Å². The van der Waals surface area contributed by atoms with Gasteiger partial charge in [0.25, 0.3) is 5.91 Å². The molecule has 0 saturated heterocycles. The van der Waals surface area contributed by atoms with Crippen LogP contribution in [0.15, 0.2) is 45.7 Å². The molecular weight excluding hydrogens is 354 g/mol. The summed E-state index contributed by atoms with van der Waals surface area (Å²) in [4.78, 5) is 28.2. The maximum absolute atomic E-state index is 12.5. The maximum Gasteiger partial charge on any atom is 0.349 e. The number of hydrogen-bond donors (Lipinski definition) is 3. The monoisotopic (exact) mass is 379 g/mol. The second kappa shape index (κ2) is 7.64. The van der Waals surface area contributed by atoms with Crippen LogP contribution in [-0.4, -0.2) is 23.0 Å².